The van der Waals surface area contributed by atoms with Crippen LogP contribution in [0.1, 0.15) is 19.8 Å². The molecular weight excluding hydrogens is 162 g/mol. The van der Waals surface area contributed by atoms with E-state index in [1.807, 2.05) is 0 Å². The van der Waals surface area contributed by atoms with Crippen LogP contribution >= 0.6 is 0 Å². The molecule has 3 unspecified atom stereocenters. The lowest BCUT2D eigenvalue weighted by Crippen LogP contribution is -2.46. The fourth-order valence-electron chi connectivity index (χ4n) is 2.70. The molecule has 0 aromatic rings. The highest BCUT2D eigenvalue weighted by molar-refractivity contribution is 4.93. The Morgan fingerprint density at radius 2 is 2.00 bits per heavy atom. The summed E-state index contributed by atoms with van der Waals surface area (Å²) in [6.07, 6.45) is 2.48. The molecule has 0 radical (unpaired) electrons. The number of piperidine rings is 1. The summed E-state index contributed by atoms with van der Waals surface area (Å²) in [5.74, 6) is 1.64. The lowest BCUT2D eigenvalue weighted by molar-refractivity contribution is 0.230. The highest BCUT2D eigenvalue weighted by Gasteiger charge is 2.33. The molecule has 2 aliphatic heterocycles. The Kier molecular flexibility index (Phi) is 2.58. The lowest BCUT2D eigenvalue weighted by atomic mass is 9.80. The monoisotopic (exact) mass is 183 g/mol. The van der Waals surface area contributed by atoms with Crippen LogP contribution in [0.4, 0.5) is 0 Å². The fraction of sp³-hybridized carbons (Fsp3) is 1.00. The Hall–Kier alpha value is -0.120. The molecule has 2 saturated heterocycles. The Balaban J connectivity index is 2.03. The summed E-state index contributed by atoms with van der Waals surface area (Å²) in [4.78, 5) is 0. The van der Waals surface area contributed by atoms with E-state index in [0.717, 1.165) is 24.8 Å². The Bertz CT molecular complexity index is 179. The van der Waals surface area contributed by atoms with Crippen LogP contribution in [0.5, 0.6) is 0 Å². The van der Waals surface area contributed by atoms with Crippen LogP contribution in [0.25, 0.3) is 0 Å². The van der Waals surface area contributed by atoms with Gasteiger partial charge in [0.25, 0.3) is 0 Å². The Morgan fingerprint density at radius 3 is 2.85 bits per heavy atom. The van der Waals surface area contributed by atoms with Crippen molar-refractivity contribution in [3.8, 4) is 0 Å². The maximum Gasteiger partial charge on any atom is 0.0255 e. The molecule has 0 bridgehead atoms. The van der Waals surface area contributed by atoms with Crippen LogP contribution in [0.2, 0.25) is 0 Å². The van der Waals surface area contributed by atoms with E-state index in [1.54, 1.807) is 0 Å². The minimum atomic E-state index is -0.00155. The van der Waals surface area contributed by atoms with Crippen LogP contribution in [0.15, 0.2) is 0 Å². The first kappa shape index (κ1) is 9.44. The van der Waals surface area contributed by atoms with E-state index >= 15 is 0 Å². The highest BCUT2D eigenvalue weighted by Crippen LogP contribution is 2.28. The summed E-state index contributed by atoms with van der Waals surface area (Å²) in [5, 5.41) is 6.95. The zero-order valence-electron chi connectivity index (χ0n) is 8.47. The molecule has 2 aliphatic rings. The minimum Gasteiger partial charge on any atom is -0.324 e. The van der Waals surface area contributed by atoms with Crippen LogP contribution in [0.3, 0.4) is 0 Å². The summed E-state index contributed by atoms with van der Waals surface area (Å²) in [7, 11) is 0. The van der Waals surface area contributed by atoms with Crippen molar-refractivity contribution in [1.29, 1.82) is 0 Å². The number of hydrogen-bond donors (Lipinski definition) is 3. The number of fused-ring (bicyclic) bond motifs is 1. The SMILES string of the molecule is CC1(N)CNCC2CCNCC2C1. The van der Waals surface area contributed by atoms with Crippen LogP contribution in [-0.2, 0) is 0 Å². The third-order valence-electron chi connectivity index (χ3n) is 3.43. The number of nitrogens with two attached hydrogens (primary N) is 1. The molecule has 0 amide bonds. The van der Waals surface area contributed by atoms with E-state index in [-0.39, 0.29) is 5.54 Å². The predicted molar refractivity (Wildman–Crippen MR) is 54.5 cm³/mol. The zero-order chi connectivity index (χ0) is 9.31. The second-order valence-electron chi connectivity index (χ2n) is 5.00. The Labute approximate surface area is 80.5 Å². The Morgan fingerprint density at radius 1 is 1.23 bits per heavy atom. The van der Waals surface area contributed by atoms with Gasteiger partial charge >= 0.3 is 0 Å². The molecule has 3 heteroatoms. The third kappa shape index (κ3) is 2.22. The van der Waals surface area contributed by atoms with Crippen molar-refractivity contribution < 1.29 is 0 Å². The van der Waals surface area contributed by atoms with E-state index in [4.69, 9.17) is 5.73 Å². The number of rotatable bonds is 0. The maximum absolute atomic E-state index is 6.19. The normalized spacial score (nSPS) is 46.6. The average molecular weight is 183 g/mol. The first-order valence-electron chi connectivity index (χ1n) is 5.38. The molecule has 0 aromatic heterocycles. The van der Waals surface area contributed by atoms with Gasteiger partial charge in [0.15, 0.2) is 0 Å². The summed E-state index contributed by atoms with van der Waals surface area (Å²) in [6.45, 7) is 6.65. The molecule has 2 fully saturated rings. The molecule has 3 atom stereocenters. The maximum atomic E-state index is 6.19. The summed E-state index contributed by atoms with van der Waals surface area (Å²) < 4.78 is 0. The van der Waals surface area contributed by atoms with E-state index in [0.29, 0.717) is 0 Å². The summed E-state index contributed by atoms with van der Waals surface area (Å²) in [6, 6.07) is 0. The second kappa shape index (κ2) is 3.56. The molecule has 0 spiro atoms. The van der Waals surface area contributed by atoms with Crippen LogP contribution < -0.4 is 16.4 Å². The van der Waals surface area contributed by atoms with Gasteiger partial charge in [-0.15, -0.1) is 0 Å². The van der Waals surface area contributed by atoms with Crippen molar-refractivity contribution in [2.75, 3.05) is 26.2 Å². The highest BCUT2D eigenvalue weighted by atomic mass is 15.0. The number of hydrogen-bond acceptors (Lipinski definition) is 3. The van der Waals surface area contributed by atoms with Gasteiger partial charge in [0, 0.05) is 12.1 Å². The van der Waals surface area contributed by atoms with Crippen molar-refractivity contribution in [3.05, 3.63) is 0 Å². The molecule has 76 valence electrons. The van der Waals surface area contributed by atoms with E-state index in [2.05, 4.69) is 17.6 Å². The topological polar surface area (TPSA) is 50.1 Å². The predicted octanol–water partition coefficient (Wildman–Crippen LogP) is -0.0772. The first-order chi connectivity index (χ1) is 6.17. The van der Waals surface area contributed by atoms with Crippen molar-refractivity contribution in [3.63, 3.8) is 0 Å². The molecule has 0 aromatic carbocycles. The van der Waals surface area contributed by atoms with Gasteiger partial charge in [-0.3, -0.25) is 0 Å². The molecule has 13 heavy (non-hydrogen) atoms. The smallest absolute Gasteiger partial charge is 0.0255 e. The van der Waals surface area contributed by atoms with Crippen molar-refractivity contribution in [2.45, 2.75) is 25.3 Å². The lowest BCUT2D eigenvalue weighted by Gasteiger charge is -2.33. The molecule has 4 N–H and O–H groups in total. The first-order valence-corrected chi connectivity index (χ1v) is 5.38. The van der Waals surface area contributed by atoms with Crippen LogP contribution in [0, 0.1) is 11.8 Å². The molecule has 2 heterocycles. The van der Waals surface area contributed by atoms with E-state index in [9.17, 15) is 0 Å². The van der Waals surface area contributed by atoms with E-state index in [1.165, 1.54) is 26.1 Å². The molecule has 0 saturated carbocycles. The van der Waals surface area contributed by atoms with Gasteiger partial charge in [0.1, 0.15) is 0 Å². The second-order valence-corrected chi connectivity index (χ2v) is 5.00. The number of nitrogens with one attached hydrogen (secondary N) is 2. The van der Waals surface area contributed by atoms with Gasteiger partial charge in [-0.25, -0.2) is 0 Å². The summed E-state index contributed by atoms with van der Waals surface area (Å²) >= 11 is 0. The van der Waals surface area contributed by atoms with Gasteiger partial charge < -0.3 is 16.4 Å². The minimum absolute atomic E-state index is 0.00155. The molecule has 3 nitrogen and oxygen atoms in total. The quantitative estimate of drug-likeness (QED) is 0.492. The standard InChI is InChI=1S/C10H21N3/c1-10(11)4-9-6-12-3-2-8(9)5-13-7-10/h8-9,12-13H,2-7,11H2,1H3. The average Bonchev–Trinajstić information content (AvgIpc) is 2.21. The van der Waals surface area contributed by atoms with Gasteiger partial charge in [0.2, 0.25) is 0 Å². The van der Waals surface area contributed by atoms with E-state index < -0.39 is 0 Å². The molecular formula is C10H21N3. The fourth-order valence-corrected chi connectivity index (χ4v) is 2.70. The van der Waals surface area contributed by atoms with Gasteiger partial charge in [-0.1, -0.05) is 0 Å². The third-order valence-corrected chi connectivity index (χ3v) is 3.43. The van der Waals surface area contributed by atoms with Crippen molar-refractivity contribution in [1.82, 2.24) is 10.6 Å². The molecule has 0 aliphatic carbocycles. The molecule has 2 rings (SSSR count). The van der Waals surface area contributed by atoms with Gasteiger partial charge in [-0.2, -0.15) is 0 Å². The zero-order valence-corrected chi connectivity index (χ0v) is 8.47. The van der Waals surface area contributed by atoms with Crippen LogP contribution in [-0.4, -0.2) is 31.7 Å². The largest absolute Gasteiger partial charge is 0.324 e. The van der Waals surface area contributed by atoms with Crippen molar-refractivity contribution in [2.24, 2.45) is 17.6 Å². The van der Waals surface area contributed by atoms with Gasteiger partial charge in [-0.05, 0) is 51.2 Å². The van der Waals surface area contributed by atoms with Crippen molar-refractivity contribution >= 4 is 0 Å². The summed E-state index contributed by atoms with van der Waals surface area (Å²) in [5.41, 5.74) is 6.19. The van der Waals surface area contributed by atoms with Gasteiger partial charge in [0.05, 0.1) is 0 Å².